The van der Waals surface area contributed by atoms with Crippen LogP contribution in [0, 0.1) is 5.92 Å². The second kappa shape index (κ2) is 6.68. The first-order valence-electron chi connectivity index (χ1n) is 6.79. The summed E-state index contributed by atoms with van der Waals surface area (Å²) in [5.74, 6) is -0.383. The normalized spacial score (nSPS) is 24.1. The molecule has 3 atom stereocenters. The molecule has 1 aromatic carbocycles. The molecule has 3 unspecified atom stereocenters. The fourth-order valence-corrected chi connectivity index (χ4v) is 2.30. The second-order valence-corrected chi connectivity index (χ2v) is 4.80. The molecule has 0 saturated carbocycles. The summed E-state index contributed by atoms with van der Waals surface area (Å²) in [4.78, 5) is 12.2. The first-order valence-corrected chi connectivity index (χ1v) is 6.79. The van der Waals surface area contributed by atoms with Gasteiger partial charge < -0.3 is 14.8 Å². The number of carbonyl (C=O) groups is 1. The zero-order valence-electron chi connectivity index (χ0n) is 11.5. The van der Waals surface area contributed by atoms with Crippen molar-refractivity contribution < 1.29 is 14.3 Å². The van der Waals surface area contributed by atoms with Crippen LogP contribution in [-0.4, -0.2) is 31.8 Å². The molecule has 4 heteroatoms. The standard InChI is InChI=1S/C15H21NO3/c1-3-16-14-10-18-9-13(14)15(17)19-11(2)12-7-5-4-6-8-12/h4-8,11,13-14,16H,3,9-10H2,1-2H3. The summed E-state index contributed by atoms with van der Waals surface area (Å²) in [7, 11) is 0. The van der Waals surface area contributed by atoms with Gasteiger partial charge in [0.1, 0.15) is 6.10 Å². The Kier molecular flexibility index (Phi) is 4.93. The van der Waals surface area contributed by atoms with Crippen LogP contribution in [0.5, 0.6) is 0 Å². The van der Waals surface area contributed by atoms with E-state index in [1.165, 1.54) is 0 Å². The Hall–Kier alpha value is -1.39. The molecular weight excluding hydrogens is 242 g/mol. The van der Waals surface area contributed by atoms with Gasteiger partial charge in [0, 0.05) is 6.04 Å². The first-order chi connectivity index (χ1) is 9.22. The van der Waals surface area contributed by atoms with Crippen LogP contribution in [0.3, 0.4) is 0 Å². The number of hydrogen-bond acceptors (Lipinski definition) is 4. The topological polar surface area (TPSA) is 47.6 Å². The van der Waals surface area contributed by atoms with Gasteiger partial charge in [0.15, 0.2) is 0 Å². The van der Waals surface area contributed by atoms with Crippen LogP contribution in [0.4, 0.5) is 0 Å². The Morgan fingerprint density at radius 1 is 1.42 bits per heavy atom. The summed E-state index contributed by atoms with van der Waals surface area (Å²) in [6.07, 6.45) is -0.225. The zero-order valence-corrected chi connectivity index (χ0v) is 11.5. The molecule has 1 N–H and O–H groups in total. The van der Waals surface area contributed by atoms with Gasteiger partial charge in [-0.2, -0.15) is 0 Å². The van der Waals surface area contributed by atoms with E-state index in [9.17, 15) is 4.79 Å². The number of benzene rings is 1. The highest BCUT2D eigenvalue weighted by atomic mass is 16.5. The van der Waals surface area contributed by atoms with Crippen LogP contribution in [0.15, 0.2) is 30.3 Å². The van der Waals surface area contributed by atoms with E-state index in [0.717, 1.165) is 12.1 Å². The van der Waals surface area contributed by atoms with Gasteiger partial charge in [0.25, 0.3) is 0 Å². The highest BCUT2D eigenvalue weighted by Crippen LogP contribution is 2.21. The second-order valence-electron chi connectivity index (χ2n) is 4.80. The number of ether oxygens (including phenoxy) is 2. The summed E-state index contributed by atoms with van der Waals surface area (Å²) in [5.41, 5.74) is 1.01. The molecule has 0 aromatic heterocycles. The van der Waals surface area contributed by atoms with Crippen molar-refractivity contribution in [3.8, 4) is 0 Å². The van der Waals surface area contributed by atoms with Crippen LogP contribution >= 0.6 is 0 Å². The summed E-state index contributed by atoms with van der Waals surface area (Å²) < 4.78 is 10.9. The Morgan fingerprint density at radius 2 is 2.16 bits per heavy atom. The van der Waals surface area contributed by atoms with Gasteiger partial charge in [-0.1, -0.05) is 37.3 Å². The van der Waals surface area contributed by atoms with E-state index in [1.54, 1.807) is 0 Å². The lowest BCUT2D eigenvalue weighted by Crippen LogP contribution is -2.40. The van der Waals surface area contributed by atoms with Gasteiger partial charge >= 0.3 is 5.97 Å². The molecule has 2 rings (SSSR count). The van der Waals surface area contributed by atoms with E-state index in [-0.39, 0.29) is 24.0 Å². The molecule has 4 nitrogen and oxygen atoms in total. The number of hydrogen-bond donors (Lipinski definition) is 1. The summed E-state index contributed by atoms with van der Waals surface area (Å²) >= 11 is 0. The lowest BCUT2D eigenvalue weighted by atomic mass is 10.0. The van der Waals surface area contributed by atoms with Gasteiger partial charge in [-0.05, 0) is 19.0 Å². The minimum atomic E-state index is -0.225. The fourth-order valence-electron chi connectivity index (χ4n) is 2.30. The molecule has 19 heavy (non-hydrogen) atoms. The molecule has 104 valence electrons. The molecule has 1 aliphatic heterocycles. The third-order valence-corrected chi connectivity index (χ3v) is 3.41. The average molecular weight is 263 g/mol. The SMILES string of the molecule is CCNC1COCC1C(=O)OC(C)c1ccccc1. The van der Waals surface area contributed by atoms with E-state index < -0.39 is 0 Å². The van der Waals surface area contributed by atoms with E-state index in [4.69, 9.17) is 9.47 Å². The maximum absolute atomic E-state index is 12.2. The molecule has 1 aromatic rings. The minimum Gasteiger partial charge on any atom is -0.457 e. The van der Waals surface area contributed by atoms with Crippen LogP contribution in [-0.2, 0) is 14.3 Å². The molecule has 1 saturated heterocycles. The Labute approximate surface area is 114 Å². The van der Waals surface area contributed by atoms with Gasteiger partial charge in [0.05, 0.1) is 19.1 Å². The lowest BCUT2D eigenvalue weighted by Gasteiger charge is -2.20. The lowest BCUT2D eigenvalue weighted by molar-refractivity contribution is -0.154. The molecular formula is C15H21NO3. The van der Waals surface area contributed by atoms with Crippen molar-refractivity contribution in [3.05, 3.63) is 35.9 Å². The maximum Gasteiger partial charge on any atom is 0.313 e. The predicted molar refractivity (Wildman–Crippen MR) is 72.7 cm³/mol. The van der Waals surface area contributed by atoms with Crippen LogP contribution in [0.25, 0.3) is 0 Å². The first kappa shape index (κ1) is 14.0. The third-order valence-electron chi connectivity index (χ3n) is 3.41. The molecule has 0 spiro atoms. The van der Waals surface area contributed by atoms with E-state index in [2.05, 4.69) is 5.32 Å². The predicted octanol–water partition coefficient (Wildman–Crippen LogP) is 1.92. The van der Waals surface area contributed by atoms with Crippen molar-refractivity contribution in [2.24, 2.45) is 5.92 Å². The molecule has 1 fully saturated rings. The highest BCUT2D eigenvalue weighted by Gasteiger charge is 2.35. The van der Waals surface area contributed by atoms with Crippen LogP contribution in [0.2, 0.25) is 0 Å². The third kappa shape index (κ3) is 3.55. The number of esters is 1. The number of nitrogens with one attached hydrogen (secondary N) is 1. The van der Waals surface area contributed by atoms with E-state index >= 15 is 0 Å². The molecule has 0 amide bonds. The molecule has 1 heterocycles. The summed E-state index contributed by atoms with van der Waals surface area (Å²) in [5, 5.41) is 3.26. The monoisotopic (exact) mass is 263 g/mol. The van der Waals surface area contributed by atoms with Crippen molar-refractivity contribution in [2.75, 3.05) is 19.8 Å². The number of rotatable bonds is 5. The Balaban J connectivity index is 1.93. The quantitative estimate of drug-likeness (QED) is 0.824. The molecule has 0 radical (unpaired) electrons. The van der Waals surface area contributed by atoms with Crippen molar-refractivity contribution in [1.29, 1.82) is 0 Å². The largest absolute Gasteiger partial charge is 0.457 e. The Morgan fingerprint density at radius 3 is 2.84 bits per heavy atom. The van der Waals surface area contributed by atoms with Crippen molar-refractivity contribution in [2.45, 2.75) is 26.0 Å². The van der Waals surface area contributed by atoms with Crippen molar-refractivity contribution in [3.63, 3.8) is 0 Å². The molecule has 0 bridgehead atoms. The van der Waals surface area contributed by atoms with Crippen LogP contribution in [0.1, 0.15) is 25.5 Å². The summed E-state index contributed by atoms with van der Waals surface area (Å²) in [6, 6.07) is 9.83. The maximum atomic E-state index is 12.2. The fraction of sp³-hybridized carbons (Fsp3) is 0.533. The molecule has 0 aliphatic carbocycles. The van der Waals surface area contributed by atoms with Gasteiger partial charge in [-0.3, -0.25) is 4.79 Å². The van der Waals surface area contributed by atoms with Crippen molar-refractivity contribution >= 4 is 5.97 Å². The Bertz CT molecular complexity index is 407. The van der Waals surface area contributed by atoms with E-state index in [1.807, 2.05) is 44.2 Å². The van der Waals surface area contributed by atoms with Gasteiger partial charge in [-0.25, -0.2) is 0 Å². The molecule has 1 aliphatic rings. The zero-order chi connectivity index (χ0) is 13.7. The van der Waals surface area contributed by atoms with E-state index in [0.29, 0.717) is 13.2 Å². The van der Waals surface area contributed by atoms with Crippen molar-refractivity contribution in [1.82, 2.24) is 5.32 Å². The summed E-state index contributed by atoms with van der Waals surface area (Å²) in [6.45, 7) is 5.76. The number of likely N-dealkylation sites (N-methyl/N-ethyl adjacent to an activating group) is 1. The van der Waals surface area contributed by atoms with Gasteiger partial charge in [0.2, 0.25) is 0 Å². The average Bonchev–Trinajstić information content (AvgIpc) is 2.88. The minimum absolute atomic E-state index is 0.0699. The number of carbonyl (C=O) groups excluding carboxylic acids is 1. The highest BCUT2D eigenvalue weighted by molar-refractivity contribution is 5.74. The smallest absolute Gasteiger partial charge is 0.313 e. The van der Waals surface area contributed by atoms with Crippen LogP contribution < -0.4 is 5.32 Å². The van der Waals surface area contributed by atoms with Gasteiger partial charge in [-0.15, -0.1) is 0 Å².